The Kier molecular flexibility index (Phi) is 4.52. The predicted octanol–water partition coefficient (Wildman–Crippen LogP) is 3.23. The molecule has 5 heteroatoms. The maximum Gasteiger partial charge on any atom is 0.258 e. The van der Waals surface area contributed by atoms with E-state index in [9.17, 15) is 4.79 Å². The Bertz CT molecular complexity index is 918. The fourth-order valence-corrected chi connectivity index (χ4v) is 3.58. The van der Waals surface area contributed by atoms with Crippen LogP contribution in [0.25, 0.3) is 10.9 Å². The van der Waals surface area contributed by atoms with Gasteiger partial charge in [-0.2, -0.15) is 0 Å². The van der Waals surface area contributed by atoms with Crippen molar-refractivity contribution < 1.29 is 14.3 Å². The zero-order chi connectivity index (χ0) is 17.9. The Labute approximate surface area is 152 Å². The minimum absolute atomic E-state index is 0.0368. The van der Waals surface area contributed by atoms with Crippen LogP contribution in [0.15, 0.2) is 48.5 Å². The van der Waals surface area contributed by atoms with E-state index in [1.165, 1.54) is 16.6 Å². The molecule has 1 aromatic heterocycles. The monoisotopic (exact) mass is 350 g/mol. The molecule has 4 rings (SSSR count). The molecule has 1 atom stereocenters. The minimum Gasteiger partial charge on any atom is -0.497 e. The number of aryl methyl sites for hydroxylation is 1. The summed E-state index contributed by atoms with van der Waals surface area (Å²) in [7, 11) is 1.68. The molecule has 134 valence electrons. The Morgan fingerprint density at radius 1 is 1.19 bits per heavy atom. The Hall–Kier alpha value is -2.95. The van der Waals surface area contributed by atoms with Crippen LogP contribution in [0.1, 0.15) is 17.7 Å². The van der Waals surface area contributed by atoms with Gasteiger partial charge in [-0.3, -0.25) is 4.79 Å². The van der Waals surface area contributed by atoms with E-state index in [4.69, 9.17) is 9.47 Å². The number of benzene rings is 2. The first-order valence-corrected chi connectivity index (χ1v) is 8.87. The zero-order valence-electron chi connectivity index (χ0n) is 14.7. The van der Waals surface area contributed by atoms with Crippen molar-refractivity contribution >= 4 is 16.8 Å². The van der Waals surface area contributed by atoms with E-state index in [1.54, 1.807) is 7.11 Å². The third-order valence-corrected chi connectivity index (χ3v) is 4.87. The summed E-state index contributed by atoms with van der Waals surface area (Å²) in [4.78, 5) is 15.7. The van der Waals surface area contributed by atoms with Crippen LogP contribution in [0.2, 0.25) is 0 Å². The highest BCUT2D eigenvalue weighted by molar-refractivity contribution is 5.86. The van der Waals surface area contributed by atoms with Gasteiger partial charge in [-0.25, -0.2) is 0 Å². The number of methoxy groups -OCH3 is 1. The lowest BCUT2D eigenvalue weighted by atomic mass is 9.91. The Morgan fingerprint density at radius 3 is 2.85 bits per heavy atom. The van der Waals surface area contributed by atoms with E-state index in [0.29, 0.717) is 5.75 Å². The predicted molar refractivity (Wildman–Crippen MR) is 101 cm³/mol. The molecular formula is C21H22N2O3. The van der Waals surface area contributed by atoms with Crippen molar-refractivity contribution in [1.82, 2.24) is 10.3 Å². The van der Waals surface area contributed by atoms with Crippen LogP contribution < -0.4 is 14.8 Å². The minimum atomic E-state index is -0.0836. The fourth-order valence-electron chi connectivity index (χ4n) is 3.58. The van der Waals surface area contributed by atoms with Crippen LogP contribution >= 0.6 is 0 Å². The molecule has 1 unspecified atom stereocenters. The number of ether oxygens (including phenoxy) is 2. The number of fused-ring (bicyclic) bond motifs is 3. The van der Waals surface area contributed by atoms with Gasteiger partial charge in [0.25, 0.3) is 5.91 Å². The Morgan fingerprint density at radius 2 is 2.04 bits per heavy atom. The van der Waals surface area contributed by atoms with Gasteiger partial charge in [0.15, 0.2) is 6.61 Å². The average Bonchev–Trinajstić information content (AvgIpc) is 3.04. The van der Waals surface area contributed by atoms with Gasteiger partial charge in [0.1, 0.15) is 11.5 Å². The largest absolute Gasteiger partial charge is 0.497 e. The van der Waals surface area contributed by atoms with E-state index in [2.05, 4.69) is 16.4 Å². The van der Waals surface area contributed by atoms with Gasteiger partial charge >= 0.3 is 0 Å². The lowest BCUT2D eigenvalue weighted by Crippen LogP contribution is -2.41. The summed E-state index contributed by atoms with van der Waals surface area (Å²) in [5, 5.41) is 4.28. The molecule has 1 amide bonds. The molecule has 2 N–H and O–H groups in total. The van der Waals surface area contributed by atoms with Crippen LogP contribution in [0, 0.1) is 0 Å². The molecule has 0 radical (unpaired) electrons. The lowest BCUT2D eigenvalue weighted by Gasteiger charge is -2.23. The van der Waals surface area contributed by atoms with Gasteiger partial charge in [0.2, 0.25) is 0 Å². The first-order valence-electron chi connectivity index (χ1n) is 8.87. The molecule has 5 nitrogen and oxygen atoms in total. The molecular weight excluding hydrogens is 328 g/mol. The number of hydrogen-bond donors (Lipinski definition) is 2. The summed E-state index contributed by atoms with van der Waals surface area (Å²) in [6, 6.07) is 15.6. The number of carbonyl (C=O) groups excluding carboxylic acids is 1. The maximum atomic E-state index is 12.2. The standard InChI is InChI=1S/C21H22N2O3/c1-25-16-8-10-20-18(12-16)17-11-14(7-9-19(17)23-20)22-21(24)13-26-15-5-3-2-4-6-15/h2-6,8,10,12,14,23H,7,9,11,13H2,1H3,(H,22,24). The van der Waals surface area contributed by atoms with E-state index in [1.807, 2.05) is 42.5 Å². The van der Waals surface area contributed by atoms with E-state index >= 15 is 0 Å². The summed E-state index contributed by atoms with van der Waals surface area (Å²) >= 11 is 0. The second-order valence-corrected chi connectivity index (χ2v) is 6.60. The highest BCUT2D eigenvalue weighted by atomic mass is 16.5. The summed E-state index contributed by atoms with van der Waals surface area (Å²) in [5.41, 5.74) is 3.66. The van der Waals surface area contributed by atoms with Gasteiger partial charge in [0.05, 0.1) is 7.11 Å². The number of rotatable bonds is 5. The van der Waals surface area contributed by atoms with Crippen molar-refractivity contribution in [2.24, 2.45) is 0 Å². The highest BCUT2D eigenvalue weighted by Gasteiger charge is 2.24. The first-order chi connectivity index (χ1) is 12.7. The SMILES string of the molecule is COc1ccc2[nH]c3c(c2c1)CC(NC(=O)COc1ccccc1)CC3. The van der Waals surface area contributed by atoms with Crippen molar-refractivity contribution in [2.75, 3.05) is 13.7 Å². The number of amides is 1. The quantitative estimate of drug-likeness (QED) is 0.743. The van der Waals surface area contributed by atoms with Crippen molar-refractivity contribution in [1.29, 1.82) is 0 Å². The van der Waals surface area contributed by atoms with Gasteiger partial charge in [-0.05, 0) is 55.2 Å². The van der Waals surface area contributed by atoms with E-state index in [0.717, 1.165) is 30.5 Å². The van der Waals surface area contributed by atoms with Gasteiger partial charge < -0.3 is 19.8 Å². The molecule has 0 saturated heterocycles. The van der Waals surface area contributed by atoms with Gasteiger partial charge in [0, 0.05) is 22.6 Å². The topological polar surface area (TPSA) is 63.3 Å². The first kappa shape index (κ1) is 16.5. The summed E-state index contributed by atoms with van der Waals surface area (Å²) in [6.45, 7) is 0.0368. The number of carbonyl (C=O) groups is 1. The number of nitrogens with one attached hydrogen (secondary N) is 2. The van der Waals surface area contributed by atoms with Crippen molar-refractivity contribution in [3.8, 4) is 11.5 Å². The number of aromatic amines is 1. The number of aromatic nitrogens is 1. The molecule has 0 spiro atoms. The number of hydrogen-bond acceptors (Lipinski definition) is 3. The second-order valence-electron chi connectivity index (χ2n) is 6.60. The molecule has 0 fully saturated rings. The lowest BCUT2D eigenvalue weighted by molar-refractivity contribution is -0.123. The molecule has 26 heavy (non-hydrogen) atoms. The Balaban J connectivity index is 1.42. The molecule has 0 saturated carbocycles. The summed E-state index contributed by atoms with van der Waals surface area (Å²) in [6.07, 6.45) is 2.67. The zero-order valence-corrected chi connectivity index (χ0v) is 14.7. The molecule has 0 bridgehead atoms. The van der Waals surface area contributed by atoms with Crippen molar-refractivity contribution in [3.05, 3.63) is 59.8 Å². The molecule has 2 aromatic carbocycles. The van der Waals surface area contributed by atoms with Crippen LogP contribution in [0.3, 0.4) is 0 Å². The average molecular weight is 350 g/mol. The van der Waals surface area contributed by atoms with Crippen LogP contribution in [0.4, 0.5) is 0 Å². The smallest absolute Gasteiger partial charge is 0.258 e. The molecule has 3 aromatic rings. The van der Waals surface area contributed by atoms with E-state index < -0.39 is 0 Å². The number of H-pyrrole nitrogens is 1. The summed E-state index contributed by atoms with van der Waals surface area (Å²) in [5.74, 6) is 1.47. The molecule has 0 aliphatic heterocycles. The number of para-hydroxylation sites is 1. The van der Waals surface area contributed by atoms with Crippen LogP contribution in [-0.4, -0.2) is 30.6 Å². The van der Waals surface area contributed by atoms with Crippen LogP contribution in [-0.2, 0) is 17.6 Å². The third-order valence-electron chi connectivity index (χ3n) is 4.87. The highest BCUT2D eigenvalue weighted by Crippen LogP contribution is 2.31. The fraction of sp³-hybridized carbons (Fsp3) is 0.286. The van der Waals surface area contributed by atoms with Crippen molar-refractivity contribution in [2.45, 2.75) is 25.3 Å². The van der Waals surface area contributed by atoms with Gasteiger partial charge in [-0.15, -0.1) is 0 Å². The third kappa shape index (κ3) is 3.38. The normalized spacial score (nSPS) is 16.1. The second kappa shape index (κ2) is 7.12. The van der Waals surface area contributed by atoms with E-state index in [-0.39, 0.29) is 18.6 Å². The maximum absolute atomic E-state index is 12.2. The van der Waals surface area contributed by atoms with Crippen molar-refractivity contribution in [3.63, 3.8) is 0 Å². The molecule has 1 aliphatic carbocycles. The van der Waals surface area contributed by atoms with Gasteiger partial charge in [-0.1, -0.05) is 18.2 Å². The molecule has 1 heterocycles. The van der Waals surface area contributed by atoms with Crippen LogP contribution in [0.5, 0.6) is 11.5 Å². The molecule has 1 aliphatic rings. The summed E-state index contributed by atoms with van der Waals surface area (Å²) < 4.78 is 10.9.